The molecule has 5 nitrogen and oxygen atoms in total. The Hall–Kier alpha value is -3.05. The molecule has 3 rings (SSSR count). The minimum absolute atomic E-state index is 0.127. The summed E-state index contributed by atoms with van der Waals surface area (Å²) in [4.78, 5) is 16.7. The van der Waals surface area contributed by atoms with Crippen molar-refractivity contribution in [3.8, 4) is 5.75 Å². The molecule has 28 heavy (non-hydrogen) atoms. The Labute approximate surface area is 169 Å². The zero-order valence-electron chi connectivity index (χ0n) is 16.0. The van der Waals surface area contributed by atoms with Gasteiger partial charge in [0, 0.05) is 22.6 Å². The quantitative estimate of drug-likeness (QED) is 0.551. The van der Waals surface area contributed by atoms with Crippen LogP contribution in [-0.2, 0) is 0 Å². The number of ether oxygens (including phenoxy) is 1. The van der Waals surface area contributed by atoms with Crippen LogP contribution in [-0.4, -0.2) is 17.0 Å². The van der Waals surface area contributed by atoms with Gasteiger partial charge in [-0.15, -0.1) is 0 Å². The summed E-state index contributed by atoms with van der Waals surface area (Å²) >= 11 is 5.96. The van der Waals surface area contributed by atoms with E-state index in [1.54, 1.807) is 30.5 Å². The highest BCUT2D eigenvalue weighted by Gasteiger charge is 2.10. The van der Waals surface area contributed by atoms with Gasteiger partial charge < -0.3 is 15.4 Å². The number of pyridine rings is 1. The lowest BCUT2D eigenvalue weighted by molar-refractivity contribution is 0.102. The summed E-state index contributed by atoms with van der Waals surface area (Å²) in [5, 5.41) is 6.77. The Balaban J connectivity index is 1.70. The Morgan fingerprint density at radius 3 is 2.46 bits per heavy atom. The van der Waals surface area contributed by atoms with Crippen molar-refractivity contribution < 1.29 is 9.53 Å². The minimum atomic E-state index is -0.234. The average Bonchev–Trinajstić information content (AvgIpc) is 2.65. The summed E-state index contributed by atoms with van der Waals surface area (Å²) in [6.07, 6.45) is 3.33. The summed E-state index contributed by atoms with van der Waals surface area (Å²) in [5.41, 5.74) is 3.67. The number of anilines is 3. The summed E-state index contributed by atoms with van der Waals surface area (Å²) in [7, 11) is 0. The molecule has 2 aromatic carbocycles. The Morgan fingerprint density at radius 1 is 1.04 bits per heavy atom. The molecule has 0 saturated carbocycles. The average molecular weight is 396 g/mol. The number of aromatic nitrogens is 1. The van der Waals surface area contributed by atoms with E-state index in [2.05, 4.69) is 15.6 Å². The van der Waals surface area contributed by atoms with E-state index in [1.165, 1.54) is 6.20 Å². The summed E-state index contributed by atoms with van der Waals surface area (Å²) in [6.45, 7) is 5.87. The molecule has 0 bridgehead atoms. The number of aryl methyl sites for hydroxylation is 1. The van der Waals surface area contributed by atoms with E-state index < -0.39 is 0 Å². The van der Waals surface area contributed by atoms with Crippen molar-refractivity contribution in [1.82, 2.24) is 4.98 Å². The molecule has 0 atom stereocenters. The molecule has 0 fully saturated rings. The molecular formula is C22H22ClN3O2. The van der Waals surface area contributed by atoms with Gasteiger partial charge in [-0.05, 0) is 74.9 Å². The van der Waals surface area contributed by atoms with Crippen LogP contribution >= 0.6 is 11.6 Å². The van der Waals surface area contributed by atoms with Gasteiger partial charge in [-0.2, -0.15) is 0 Å². The van der Waals surface area contributed by atoms with E-state index >= 15 is 0 Å². The van der Waals surface area contributed by atoms with Gasteiger partial charge >= 0.3 is 0 Å². The monoisotopic (exact) mass is 395 g/mol. The van der Waals surface area contributed by atoms with E-state index in [4.69, 9.17) is 16.3 Å². The Morgan fingerprint density at radius 2 is 1.79 bits per heavy atom. The summed E-state index contributed by atoms with van der Waals surface area (Å²) < 4.78 is 5.64. The Kier molecular flexibility index (Phi) is 6.16. The van der Waals surface area contributed by atoms with Gasteiger partial charge in [0.2, 0.25) is 0 Å². The largest absolute Gasteiger partial charge is 0.491 e. The van der Waals surface area contributed by atoms with Gasteiger partial charge in [-0.1, -0.05) is 11.6 Å². The van der Waals surface area contributed by atoms with E-state index in [-0.39, 0.29) is 12.0 Å². The normalized spacial score (nSPS) is 10.6. The second-order valence-electron chi connectivity index (χ2n) is 6.69. The van der Waals surface area contributed by atoms with Gasteiger partial charge in [-0.3, -0.25) is 9.78 Å². The lowest BCUT2D eigenvalue weighted by Crippen LogP contribution is -2.13. The number of benzene rings is 2. The van der Waals surface area contributed by atoms with Crippen molar-refractivity contribution in [2.24, 2.45) is 0 Å². The lowest BCUT2D eigenvalue weighted by atomic mass is 10.2. The van der Waals surface area contributed by atoms with Gasteiger partial charge in [0.25, 0.3) is 5.91 Å². The molecule has 0 radical (unpaired) electrons. The number of nitrogens with one attached hydrogen (secondary N) is 2. The maximum Gasteiger partial charge on any atom is 0.257 e. The van der Waals surface area contributed by atoms with Gasteiger partial charge in [0.15, 0.2) is 0 Å². The highest BCUT2D eigenvalue weighted by molar-refractivity contribution is 6.30. The number of carbonyl (C=O) groups excluding carboxylic acids is 1. The molecule has 144 valence electrons. The minimum Gasteiger partial charge on any atom is -0.491 e. The van der Waals surface area contributed by atoms with Crippen LogP contribution in [0.2, 0.25) is 5.02 Å². The number of nitrogens with zero attached hydrogens (tertiary/aromatic N) is 1. The maximum absolute atomic E-state index is 12.6. The molecule has 3 aromatic rings. The molecule has 0 aliphatic heterocycles. The van der Waals surface area contributed by atoms with E-state index in [9.17, 15) is 4.79 Å². The van der Waals surface area contributed by atoms with Crippen molar-refractivity contribution in [3.63, 3.8) is 0 Å². The predicted octanol–water partition coefficient (Wildman–Crippen LogP) is 5.83. The second-order valence-corrected chi connectivity index (χ2v) is 7.13. The molecule has 0 unspecified atom stereocenters. The first-order valence-electron chi connectivity index (χ1n) is 8.97. The standard InChI is InChI=1S/C22H22ClN3O2/c1-14(2)28-20-7-5-18(6-8-20)25-19-11-16(12-24-13-19)22(27)26-21-9-4-17(23)10-15(21)3/h4-14,25H,1-3H3,(H,26,27). The SMILES string of the molecule is Cc1cc(Cl)ccc1NC(=O)c1cncc(Nc2ccc(OC(C)C)cc2)c1. The highest BCUT2D eigenvalue weighted by atomic mass is 35.5. The van der Waals surface area contributed by atoms with Crippen LogP contribution in [0.5, 0.6) is 5.75 Å². The van der Waals surface area contributed by atoms with Crippen molar-refractivity contribution in [2.75, 3.05) is 10.6 Å². The van der Waals surface area contributed by atoms with Gasteiger partial charge in [-0.25, -0.2) is 0 Å². The fourth-order valence-electron chi connectivity index (χ4n) is 2.65. The molecule has 1 heterocycles. The van der Waals surface area contributed by atoms with Crippen LogP contribution in [0.25, 0.3) is 0 Å². The van der Waals surface area contributed by atoms with Crippen molar-refractivity contribution in [1.29, 1.82) is 0 Å². The summed E-state index contributed by atoms with van der Waals surface area (Å²) in [6, 6.07) is 14.7. The zero-order valence-corrected chi connectivity index (χ0v) is 16.7. The number of carbonyl (C=O) groups is 1. The fraction of sp³-hybridized carbons (Fsp3) is 0.182. The number of rotatable bonds is 6. The fourth-order valence-corrected chi connectivity index (χ4v) is 2.88. The molecular weight excluding hydrogens is 374 g/mol. The topological polar surface area (TPSA) is 63.2 Å². The number of hydrogen-bond donors (Lipinski definition) is 2. The molecule has 2 N–H and O–H groups in total. The number of hydrogen-bond acceptors (Lipinski definition) is 4. The molecule has 6 heteroatoms. The first-order valence-corrected chi connectivity index (χ1v) is 9.35. The maximum atomic E-state index is 12.6. The van der Waals surface area contributed by atoms with Gasteiger partial charge in [0.05, 0.1) is 23.6 Å². The predicted molar refractivity (Wildman–Crippen MR) is 114 cm³/mol. The van der Waals surface area contributed by atoms with E-state index in [0.29, 0.717) is 16.3 Å². The zero-order chi connectivity index (χ0) is 20.1. The molecule has 0 aliphatic carbocycles. The van der Waals surface area contributed by atoms with Crippen molar-refractivity contribution >= 4 is 34.6 Å². The third kappa shape index (κ3) is 5.24. The van der Waals surface area contributed by atoms with Crippen LogP contribution < -0.4 is 15.4 Å². The molecule has 0 aliphatic rings. The second kappa shape index (κ2) is 8.76. The highest BCUT2D eigenvalue weighted by Crippen LogP contribution is 2.23. The third-order valence-corrected chi connectivity index (χ3v) is 4.19. The van der Waals surface area contributed by atoms with Gasteiger partial charge in [0.1, 0.15) is 5.75 Å². The molecule has 1 aromatic heterocycles. The molecule has 1 amide bonds. The molecule has 0 saturated heterocycles. The number of halogens is 1. The van der Waals surface area contributed by atoms with Crippen LogP contribution in [0.15, 0.2) is 60.9 Å². The van der Waals surface area contributed by atoms with E-state index in [1.807, 2.05) is 45.0 Å². The van der Waals surface area contributed by atoms with Crippen LogP contribution in [0.4, 0.5) is 17.1 Å². The van der Waals surface area contributed by atoms with Crippen molar-refractivity contribution in [3.05, 3.63) is 77.1 Å². The van der Waals surface area contributed by atoms with Crippen LogP contribution in [0, 0.1) is 6.92 Å². The summed E-state index contributed by atoms with van der Waals surface area (Å²) in [5.74, 6) is 0.576. The van der Waals surface area contributed by atoms with Crippen molar-refractivity contribution in [2.45, 2.75) is 26.9 Å². The molecule has 0 spiro atoms. The van der Waals surface area contributed by atoms with Crippen LogP contribution in [0.1, 0.15) is 29.8 Å². The number of amides is 1. The smallest absolute Gasteiger partial charge is 0.257 e. The Bertz CT molecular complexity index is 972. The first-order chi connectivity index (χ1) is 13.4. The van der Waals surface area contributed by atoms with Crippen LogP contribution in [0.3, 0.4) is 0 Å². The van der Waals surface area contributed by atoms with E-state index in [0.717, 1.165) is 22.7 Å². The third-order valence-electron chi connectivity index (χ3n) is 3.95. The first kappa shape index (κ1) is 19.7. The lowest BCUT2D eigenvalue weighted by Gasteiger charge is -2.12.